The Labute approximate surface area is 154 Å². The zero-order valence-corrected chi connectivity index (χ0v) is 16.3. The van der Waals surface area contributed by atoms with E-state index in [0.29, 0.717) is 32.7 Å². The molecule has 0 bridgehead atoms. The summed E-state index contributed by atoms with van der Waals surface area (Å²) in [5, 5.41) is 4.20. The van der Waals surface area contributed by atoms with Gasteiger partial charge in [-0.15, -0.1) is 0 Å². The van der Waals surface area contributed by atoms with Gasteiger partial charge in [0.2, 0.25) is 15.9 Å². The molecular weight excluding hydrogens is 354 g/mol. The molecule has 26 heavy (non-hydrogen) atoms. The molecule has 1 aromatic heterocycles. The van der Waals surface area contributed by atoms with Gasteiger partial charge in [-0.3, -0.25) is 19.3 Å². The van der Waals surface area contributed by atoms with Crippen LogP contribution in [-0.2, 0) is 21.9 Å². The SMILES string of the molecule is Cc1cc(N2CCC[C@H](N3CCN(S(=O)(=O)C4CC4)CC3)C2=O)n(C)n1. The molecule has 1 amide bonds. The van der Waals surface area contributed by atoms with Crippen LogP contribution in [0.25, 0.3) is 0 Å². The number of piperazine rings is 1. The van der Waals surface area contributed by atoms with E-state index in [0.717, 1.165) is 37.2 Å². The van der Waals surface area contributed by atoms with Crippen LogP contribution < -0.4 is 4.90 Å². The normalized spacial score (nSPS) is 26.5. The van der Waals surface area contributed by atoms with Crippen molar-refractivity contribution in [3.05, 3.63) is 11.8 Å². The molecule has 9 heteroatoms. The third-order valence-corrected chi connectivity index (χ3v) is 8.08. The Morgan fingerprint density at radius 3 is 2.35 bits per heavy atom. The standard InChI is InChI=1S/C17H27N5O3S/c1-13-12-16(19(2)18-13)22-7-3-4-15(17(22)23)20-8-10-21(11-9-20)26(24,25)14-5-6-14/h12,14-15H,3-11H2,1-2H3/t15-/m0/s1. The van der Waals surface area contributed by atoms with Gasteiger partial charge >= 0.3 is 0 Å². The van der Waals surface area contributed by atoms with Crippen LogP contribution in [0.5, 0.6) is 0 Å². The summed E-state index contributed by atoms with van der Waals surface area (Å²) in [5.74, 6) is 0.949. The highest BCUT2D eigenvalue weighted by molar-refractivity contribution is 7.90. The van der Waals surface area contributed by atoms with Crippen LogP contribution in [0.2, 0.25) is 0 Å². The van der Waals surface area contributed by atoms with E-state index in [1.54, 1.807) is 8.99 Å². The van der Waals surface area contributed by atoms with Gasteiger partial charge < -0.3 is 0 Å². The first-order valence-corrected chi connectivity index (χ1v) is 10.9. The minimum absolute atomic E-state index is 0.109. The summed E-state index contributed by atoms with van der Waals surface area (Å²) in [6.07, 6.45) is 3.37. The molecule has 2 aliphatic heterocycles. The van der Waals surface area contributed by atoms with Crippen molar-refractivity contribution >= 4 is 21.7 Å². The third-order valence-electron chi connectivity index (χ3n) is 5.68. The topological polar surface area (TPSA) is 78.8 Å². The van der Waals surface area contributed by atoms with Gasteiger partial charge in [-0.25, -0.2) is 8.42 Å². The smallest absolute Gasteiger partial charge is 0.245 e. The molecule has 2 saturated heterocycles. The van der Waals surface area contributed by atoms with E-state index in [4.69, 9.17) is 0 Å². The number of carbonyl (C=O) groups is 1. The highest BCUT2D eigenvalue weighted by Crippen LogP contribution is 2.32. The van der Waals surface area contributed by atoms with Crippen LogP contribution in [-0.4, -0.2) is 77.3 Å². The van der Waals surface area contributed by atoms with E-state index in [9.17, 15) is 13.2 Å². The molecule has 8 nitrogen and oxygen atoms in total. The Bertz CT molecular complexity index is 793. The van der Waals surface area contributed by atoms with Gasteiger partial charge in [-0.1, -0.05) is 0 Å². The molecule has 3 heterocycles. The second-order valence-electron chi connectivity index (χ2n) is 7.59. The zero-order chi connectivity index (χ0) is 18.5. The molecule has 1 aromatic rings. The quantitative estimate of drug-likeness (QED) is 0.751. The lowest BCUT2D eigenvalue weighted by molar-refractivity contribution is -0.126. The number of hydrogen-bond acceptors (Lipinski definition) is 5. The Hall–Kier alpha value is -1.45. The monoisotopic (exact) mass is 381 g/mol. The Morgan fingerprint density at radius 1 is 1.08 bits per heavy atom. The van der Waals surface area contributed by atoms with Crippen molar-refractivity contribution in [2.45, 2.75) is 43.9 Å². The largest absolute Gasteiger partial charge is 0.296 e. The fourth-order valence-corrected chi connectivity index (χ4v) is 5.94. The molecule has 1 aliphatic carbocycles. The fourth-order valence-electron chi connectivity index (χ4n) is 4.12. The van der Waals surface area contributed by atoms with Crippen LogP contribution >= 0.6 is 0 Å². The van der Waals surface area contributed by atoms with E-state index in [1.807, 2.05) is 24.9 Å². The minimum Gasteiger partial charge on any atom is -0.296 e. The van der Waals surface area contributed by atoms with E-state index in [1.165, 1.54) is 0 Å². The lowest BCUT2D eigenvalue weighted by Crippen LogP contribution is -2.58. The summed E-state index contributed by atoms with van der Waals surface area (Å²) in [6, 6.07) is 1.78. The van der Waals surface area contributed by atoms with Gasteiger partial charge in [0.05, 0.1) is 17.0 Å². The average Bonchev–Trinajstić information content (AvgIpc) is 3.41. The number of rotatable bonds is 4. The maximum absolute atomic E-state index is 13.1. The lowest BCUT2D eigenvalue weighted by Gasteiger charge is -2.42. The predicted molar refractivity (Wildman–Crippen MR) is 98.4 cm³/mol. The number of sulfonamides is 1. The van der Waals surface area contributed by atoms with Gasteiger partial charge in [0, 0.05) is 45.8 Å². The van der Waals surface area contributed by atoms with Crippen molar-refractivity contribution in [2.75, 3.05) is 37.6 Å². The van der Waals surface area contributed by atoms with E-state index in [-0.39, 0.29) is 17.2 Å². The second-order valence-corrected chi connectivity index (χ2v) is 9.81. The van der Waals surface area contributed by atoms with E-state index in [2.05, 4.69) is 10.00 Å². The molecule has 0 N–H and O–H groups in total. The van der Waals surface area contributed by atoms with Crippen molar-refractivity contribution in [3.63, 3.8) is 0 Å². The van der Waals surface area contributed by atoms with Gasteiger partial charge in [-0.05, 0) is 32.6 Å². The summed E-state index contributed by atoms with van der Waals surface area (Å²) in [6.45, 7) is 4.88. The molecule has 4 rings (SSSR count). The summed E-state index contributed by atoms with van der Waals surface area (Å²) in [7, 11) is -1.25. The lowest BCUT2D eigenvalue weighted by atomic mass is 10.0. The van der Waals surface area contributed by atoms with Crippen LogP contribution in [0.4, 0.5) is 5.82 Å². The number of piperidine rings is 1. The van der Waals surface area contributed by atoms with Gasteiger partial charge in [0.15, 0.2) is 0 Å². The molecular formula is C17H27N5O3S. The van der Waals surface area contributed by atoms with E-state index < -0.39 is 10.0 Å². The number of carbonyl (C=O) groups excluding carboxylic acids is 1. The Morgan fingerprint density at radius 2 is 1.77 bits per heavy atom. The van der Waals surface area contributed by atoms with Crippen molar-refractivity contribution in [2.24, 2.45) is 7.05 Å². The van der Waals surface area contributed by atoms with Gasteiger partial charge in [0.25, 0.3) is 0 Å². The fraction of sp³-hybridized carbons (Fsp3) is 0.765. The molecule has 1 atom stereocenters. The maximum Gasteiger partial charge on any atom is 0.245 e. The molecule has 0 aromatic carbocycles. The van der Waals surface area contributed by atoms with Gasteiger partial charge in [-0.2, -0.15) is 9.40 Å². The van der Waals surface area contributed by atoms with Gasteiger partial charge in [0.1, 0.15) is 5.82 Å². The molecule has 3 aliphatic rings. The highest BCUT2D eigenvalue weighted by Gasteiger charge is 2.43. The Balaban J connectivity index is 1.43. The van der Waals surface area contributed by atoms with Crippen molar-refractivity contribution in [1.29, 1.82) is 0 Å². The summed E-state index contributed by atoms with van der Waals surface area (Å²) < 4.78 is 28.2. The number of hydrogen-bond donors (Lipinski definition) is 0. The molecule has 0 unspecified atom stereocenters. The minimum atomic E-state index is -3.11. The molecule has 144 valence electrons. The predicted octanol–water partition coefficient (Wildman–Crippen LogP) is 0.334. The highest BCUT2D eigenvalue weighted by atomic mass is 32.2. The first kappa shape index (κ1) is 17.9. The van der Waals surface area contributed by atoms with Crippen LogP contribution in [0.15, 0.2) is 6.07 Å². The number of aryl methyl sites for hydroxylation is 2. The summed E-state index contributed by atoms with van der Waals surface area (Å²) >= 11 is 0. The summed E-state index contributed by atoms with van der Waals surface area (Å²) in [5.41, 5.74) is 0.899. The molecule has 0 spiro atoms. The molecule has 3 fully saturated rings. The van der Waals surface area contributed by atoms with Crippen molar-refractivity contribution in [3.8, 4) is 0 Å². The second kappa shape index (κ2) is 6.61. The van der Waals surface area contributed by atoms with Crippen LogP contribution in [0, 0.1) is 6.92 Å². The third kappa shape index (κ3) is 3.16. The average molecular weight is 382 g/mol. The Kier molecular flexibility index (Phi) is 4.56. The maximum atomic E-state index is 13.1. The number of aromatic nitrogens is 2. The number of anilines is 1. The summed E-state index contributed by atoms with van der Waals surface area (Å²) in [4.78, 5) is 17.1. The number of amides is 1. The molecule has 0 radical (unpaired) electrons. The number of nitrogens with zero attached hydrogens (tertiary/aromatic N) is 5. The first-order valence-electron chi connectivity index (χ1n) is 9.43. The zero-order valence-electron chi connectivity index (χ0n) is 15.5. The van der Waals surface area contributed by atoms with Crippen LogP contribution in [0.3, 0.4) is 0 Å². The van der Waals surface area contributed by atoms with Crippen LogP contribution in [0.1, 0.15) is 31.4 Å². The van der Waals surface area contributed by atoms with Crippen molar-refractivity contribution < 1.29 is 13.2 Å². The first-order chi connectivity index (χ1) is 12.4. The van der Waals surface area contributed by atoms with Crippen molar-refractivity contribution in [1.82, 2.24) is 19.0 Å². The molecule has 1 saturated carbocycles. The van der Waals surface area contributed by atoms with E-state index >= 15 is 0 Å².